The summed E-state index contributed by atoms with van der Waals surface area (Å²) in [6.07, 6.45) is 1.61. The molecule has 0 spiro atoms. The minimum Gasteiger partial charge on any atom is -0.378 e. The van der Waals surface area contributed by atoms with Crippen LogP contribution in [0.15, 0.2) is 24.3 Å². The number of benzene rings is 1. The molecule has 0 aromatic heterocycles. The summed E-state index contributed by atoms with van der Waals surface area (Å²) in [4.78, 5) is 16.8. The van der Waals surface area contributed by atoms with Crippen LogP contribution in [-0.4, -0.2) is 57.4 Å². The Morgan fingerprint density at radius 1 is 1.32 bits per heavy atom. The Balaban J connectivity index is 1.77. The lowest BCUT2D eigenvalue weighted by atomic mass is 10.0. The van der Waals surface area contributed by atoms with E-state index in [-0.39, 0.29) is 11.9 Å². The molecule has 0 radical (unpaired) electrons. The number of anilines is 1. The molecule has 2 saturated heterocycles. The van der Waals surface area contributed by atoms with Gasteiger partial charge >= 0.3 is 0 Å². The molecule has 1 aromatic carbocycles. The molecule has 2 aliphatic rings. The van der Waals surface area contributed by atoms with E-state index in [0.717, 1.165) is 25.1 Å². The summed E-state index contributed by atoms with van der Waals surface area (Å²) < 4.78 is 10.9. The van der Waals surface area contributed by atoms with E-state index in [9.17, 15) is 4.79 Å². The van der Waals surface area contributed by atoms with Crippen LogP contribution >= 0.6 is 0 Å². The second-order valence-corrected chi connectivity index (χ2v) is 6.11. The molecule has 3 rings (SSSR count). The smallest absolute Gasteiger partial charge is 0.254 e. The zero-order chi connectivity index (χ0) is 15.5. The first-order valence-electron chi connectivity index (χ1n) is 7.94. The van der Waals surface area contributed by atoms with Gasteiger partial charge in [0.1, 0.15) is 0 Å². The molecule has 2 fully saturated rings. The molecule has 5 nitrogen and oxygen atoms in total. The topological polar surface area (TPSA) is 42.0 Å². The molecule has 2 heterocycles. The lowest BCUT2D eigenvalue weighted by Crippen LogP contribution is -2.45. The molecule has 0 N–H and O–H groups in total. The Kier molecular flexibility index (Phi) is 4.64. The van der Waals surface area contributed by atoms with Crippen molar-refractivity contribution in [3.05, 3.63) is 29.8 Å². The summed E-state index contributed by atoms with van der Waals surface area (Å²) in [5.74, 6) is 0.0671. The maximum atomic E-state index is 12.7. The number of likely N-dealkylation sites (tertiary alicyclic amines) is 1. The second-order valence-electron chi connectivity index (χ2n) is 6.11. The zero-order valence-electron chi connectivity index (χ0n) is 13.3. The molecule has 0 unspecified atom stereocenters. The van der Waals surface area contributed by atoms with Crippen molar-refractivity contribution in [2.24, 2.45) is 0 Å². The van der Waals surface area contributed by atoms with Crippen molar-refractivity contribution in [2.75, 3.05) is 45.4 Å². The number of rotatable bonds is 3. The molecule has 120 valence electrons. The van der Waals surface area contributed by atoms with Crippen molar-refractivity contribution in [2.45, 2.75) is 25.0 Å². The van der Waals surface area contributed by atoms with Crippen molar-refractivity contribution in [3.63, 3.8) is 0 Å². The molecule has 0 saturated carbocycles. The van der Waals surface area contributed by atoms with E-state index < -0.39 is 6.10 Å². The summed E-state index contributed by atoms with van der Waals surface area (Å²) in [6.45, 7) is 2.26. The largest absolute Gasteiger partial charge is 0.378 e. The van der Waals surface area contributed by atoms with Gasteiger partial charge in [0.15, 0.2) is 6.10 Å². The van der Waals surface area contributed by atoms with E-state index in [0.29, 0.717) is 19.8 Å². The third kappa shape index (κ3) is 3.10. The normalized spacial score (nSPS) is 25.3. The predicted molar refractivity (Wildman–Crippen MR) is 85.0 cm³/mol. The lowest BCUT2D eigenvalue weighted by molar-refractivity contribution is -0.158. The van der Waals surface area contributed by atoms with Crippen LogP contribution in [0.2, 0.25) is 0 Å². The van der Waals surface area contributed by atoms with Crippen LogP contribution < -0.4 is 4.90 Å². The van der Waals surface area contributed by atoms with Crippen LogP contribution in [0.3, 0.4) is 0 Å². The third-order valence-electron chi connectivity index (χ3n) is 4.40. The Bertz CT molecular complexity index is 526. The summed E-state index contributed by atoms with van der Waals surface area (Å²) in [7, 11) is 4.06. The van der Waals surface area contributed by atoms with Gasteiger partial charge in [0.05, 0.1) is 25.9 Å². The highest BCUT2D eigenvalue weighted by Crippen LogP contribution is 2.34. The number of hydrogen-bond acceptors (Lipinski definition) is 4. The minimum atomic E-state index is -0.439. The number of nitrogens with zero attached hydrogens (tertiary/aromatic N) is 2. The van der Waals surface area contributed by atoms with Gasteiger partial charge in [0.2, 0.25) is 0 Å². The van der Waals surface area contributed by atoms with Crippen molar-refractivity contribution >= 4 is 11.6 Å². The Labute approximate surface area is 131 Å². The van der Waals surface area contributed by atoms with Crippen molar-refractivity contribution in [1.82, 2.24) is 4.90 Å². The van der Waals surface area contributed by atoms with Gasteiger partial charge in [-0.3, -0.25) is 4.79 Å². The quantitative estimate of drug-likeness (QED) is 0.854. The van der Waals surface area contributed by atoms with E-state index in [4.69, 9.17) is 9.47 Å². The summed E-state index contributed by atoms with van der Waals surface area (Å²) in [6, 6.07) is 8.59. The highest BCUT2D eigenvalue weighted by molar-refractivity contribution is 5.82. The second kappa shape index (κ2) is 6.67. The van der Waals surface area contributed by atoms with Gasteiger partial charge in [0, 0.05) is 26.3 Å². The molecule has 0 bridgehead atoms. The lowest BCUT2D eigenvalue weighted by Gasteiger charge is -2.31. The Morgan fingerprint density at radius 3 is 2.91 bits per heavy atom. The van der Waals surface area contributed by atoms with E-state index in [1.165, 1.54) is 5.56 Å². The van der Waals surface area contributed by atoms with Crippen molar-refractivity contribution < 1.29 is 14.3 Å². The van der Waals surface area contributed by atoms with Crippen LogP contribution in [-0.2, 0) is 14.3 Å². The molecule has 2 atom stereocenters. The monoisotopic (exact) mass is 304 g/mol. The molecular weight excluding hydrogens is 280 g/mol. The van der Waals surface area contributed by atoms with Gasteiger partial charge in [-0.15, -0.1) is 0 Å². The van der Waals surface area contributed by atoms with Gasteiger partial charge in [-0.05, 0) is 30.5 Å². The molecule has 5 heteroatoms. The number of carbonyl (C=O) groups is 1. The first-order valence-corrected chi connectivity index (χ1v) is 7.94. The first-order chi connectivity index (χ1) is 10.7. The summed E-state index contributed by atoms with van der Waals surface area (Å²) >= 11 is 0. The fourth-order valence-corrected chi connectivity index (χ4v) is 3.20. The Morgan fingerprint density at radius 2 is 2.18 bits per heavy atom. The molecule has 0 aliphatic carbocycles. The number of hydrogen-bond donors (Lipinski definition) is 0. The average Bonchev–Trinajstić information content (AvgIpc) is 3.04. The van der Waals surface area contributed by atoms with Gasteiger partial charge in [0.25, 0.3) is 5.91 Å². The molecule has 1 amide bonds. The average molecular weight is 304 g/mol. The van der Waals surface area contributed by atoms with Gasteiger partial charge < -0.3 is 19.3 Å². The fourth-order valence-electron chi connectivity index (χ4n) is 3.20. The standard InChI is InChI=1S/C17H24N2O3/c1-18(2)14-6-3-5-13(11-14)15-7-4-8-19(15)17(20)16-12-21-9-10-22-16/h3,5-6,11,15-16H,4,7-10,12H2,1-2H3/t15-,16+/m1/s1. The van der Waals surface area contributed by atoms with Crippen LogP contribution in [0, 0.1) is 0 Å². The highest BCUT2D eigenvalue weighted by atomic mass is 16.6. The summed E-state index contributed by atoms with van der Waals surface area (Å²) in [5.41, 5.74) is 2.36. The molecule has 22 heavy (non-hydrogen) atoms. The van der Waals surface area contributed by atoms with E-state index in [1.54, 1.807) is 0 Å². The number of ether oxygens (including phenoxy) is 2. The summed E-state index contributed by atoms with van der Waals surface area (Å²) in [5, 5.41) is 0. The van der Waals surface area contributed by atoms with Crippen LogP contribution in [0.4, 0.5) is 5.69 Å². The zero-order valence-corrected chi connectivity index (χ0v) is 13.3. The SMILES string of the molecule is CN(C)c1cccc([C@H]2CCCN2C(=O)[C@@H]2COCCO2)c1. The minimum absolute atomic E-state index is 0.0671. The maximum absolute atomic E-state index is 12.7. The van der Waals surface area contributed by atoms with Crippen LogP contribution in [0.5, 0.6) is 0 Å². The number of carbonyl (C=O) groups excluding carboxylic acids is 1. The van der Waals surface area contributed by atoms with E-state index >= 15 is 0 Å². The molecule has 2 aliphatic heterocycles. The van der Waals surface area contributed by atoms with Gasteiger partial charge in [-0.25, -0.2) is 0 Å². The molecular formula is C17H24N2O3. The third-order valence-corrected chi connectivity index (χ3v) is 4.40. The van der Waals surface area contributed by atoms with Gasteiger partial charge in [-0.2, -0.15) is 0 Å². The van der Waals surface area contributed by atoms with Gasteiger partial charge in [-0.1, -0.05) is 12.1 Å². The fraction of sp³-hybridized carbons (Fsp3) is 0.588. The van der Waals surface area contributed by atoms with Crippen LogP contribution in [0.1, 0.15) is 24.4 Å². The van der Waals surface area contributed by atoms with Crippen molar-refractivity contribution in [1.29, 1.82) is 0 Å². The van der Waals surface area contributed by atoms with Crippen LogP contribution in [0.25, 0.3) is 0 Å². The Hall–Kier alpha value is -1.59. The van der Waals surface area contributed by atoms with E-state index in [2.05, 4.69) is 29.2 Å². The van der Waals surface area contributed by atoms with E-state index in [1.807, 2.05) is 19.0 Å². The van der Waals surface area contributed by atoms with Crippen molar-refractivity contribution in [3.8, 4) is 0 Å². The predicted octanol–water partition coefficient (Wildman–Crippen LogP) is 1.83. The molecule has 1 aromatic rings. The first kappa shape index (κ1) is 15.3. The number of amides is 1. The maximum Gasteiger partial charge on any atom is 0.254 e. The highest BCUT2D eigenvalue weighted by Gasteiger charge is 2.35.